The Bertz CT molecular complexity index is 960. The summed E-state index contributed by atoms with van der Waals surface area (Å²) in [6.45, 7) is -0.193. The number of hydrazone groups is 1. The van der Waals surface area contributed by atoms with E-state index in [0.29, 0.717) is 22.2 Å². The van der Waals surface area contributed by atoms with Gasteiger partial charge in [-0.15, -0.1) is 0 Å². The molecule has 1 N–H and O–H groups in total. The number of carbonyl (C=O) groups excluding carboxylic acids is 1. The maximum atomic E-state index is 11.9. The molecule has 0 bridgehead atoms. The summed E-state index contributed by atoms with van der Waals surface area (Å²) in [7, 11) is 1.54. The molecule has 0 spiro atoms. The second kappa shape index (κ2) is 8.31. The smallest absolute Gasteiger partial charge is 0.277 e. The lowest BCUT2D eigenvalue weighted by Crippen LogP contribution is -2.24. The maximum absolute atomic E-state index is 11.9. The zero-order chi connectivity index (χ0) is 18.4. The fraction of sp³-hybridized carbons (Fsp3) is 0.105. The van der Waals surface area contributed by atoms with E-state index in [0.717, 1.165) is 10.9 Å². The number of carbonyl (C=O) groups is 1. The summed E-state index contributed by atoms with van der Waals surface area (Å²) in [4.78, 5) is 16.2. The van der Waals surface area contributed by atoms with Gasteiger partial charge < -0.3 is 9.47 Å². The lowest BCUT2D eigenvalue weighted by molar-refractivity contribution is -0.123. The van der Waals surface area contributed by atoms with E-state index >= 15 is 0 Å². The van der Waals surface area contributed by atoms with Gasteiger partial charge in [-0.1, -0.05) is 41.9 Å². The molecule has 1 heterocycles. The van der Waals surface area contributed by atoms with Crippen LogP contribution in [-0.4, -0.2) is 30.8 Å². The summed E-state index contributed by atoms with van der Waals surface area (Å²) in [5, 5.41) is 5.15. The number of halogens is 1. The quantitative estimate of drug-likeness (QED) is 0.410. The molecule has 26 heavy (non-hydrogen) atoms. The summed E-state index contributed by atoms with van der Waals surface area (Å²) in [6, 6.07) is 16.5. The number of amides is 1. The van der Waals surface area contributed by atoms with Gasteiger partial charge >= 0.3 is 0 Å². The van der Waals surface area contributed by atoms with Gasteiger partial charge in [0.1, 0.15) is 5.15 Å². The Morgan fingerprint density at radius 1 is 1.19 bits per heavy atom. The summed E-state index contributed by atoms with van der Waals surface area (Å²) in [6.07, 6.45) is 1.45. The first-order valence-electron chi connectivity index (χ1n) is 7.80. The number of pyridine rings is 1. The second-order valence-corrected chi connectivity index (χ2v) is 5.65. The van der Waals surface area contributed by atoms with Crippen LogP contribution in [0.25, 0.3) is 10.9 Å². The number of ether oxygens (including phenoxy) is 2. The first-order valence-corrected chi connectivity index (χ1v) is 8.18. The van der Waals surface area contributed by atoms with Crippen molar-refractivity contribution in [3.05, 3.63) is 65.3 Å². The number of nitrogens with one attached hydrogen (secondary N) is 1. The van der Waals surface area contributed by atoms with Crippen LogP contribution in [-0.2, 0) is 4.79 Å². The Morgan fingerprint density at radius 3 is 2.73 bits per heavy atom. The third kappa shape index (κ3) is 4.29. The molecule has 0 saturated heterocycles. The molecule has 0 aliphatic heterocycles. The van der Waals surface area contributed by atoms with Crippen LogP contribution in [0, 0.1) is 0 Å². The van der Waals surface area contributed by atoms with Gasteiger partial charge in [0, 0.05) is 10.9 Å². The van der Waals surface area contributed by atoms with Crippen LogP contribution >= 0.6 is 11.6 Å². The number of aromatic nitrogens is 1. The number of methoxy groups -OCH3 is 1. The van der Waals surface area contributed by atoms with Crippen molar-refractivity contribution in [1.29, 1.82) is 0 Å². The Kier molecular flexibility index (Phi) is 5.66. The van der Waals surface area contributed by atoms with Crippen LogP contribution in [0.5, 0.6) is 11.5 Å². The molecule has 0 aliphatic carbocycles. The van der Waals surface area contributed by atoms with Gasteiger partial charge in [0.05, 0.1) is 18.8 Å². The molecule has 1 aromatic heterocycles. The lowest BCUT2D eigenvalue weighted by Gasteiger charge is -2.09. The third-order valence-electron chi connectivity index (χ3n) is 3.53. The molecule has 2 aromatic carbocycles. The lowest BCUT2D eigenvalue weighted by atomic mass is 10.2. The molecular formula is C19H16ClN3O3. The second-order valence-electron chi connectivity index (χ2n) is 5.29. The van der Waals surface area contributed by atoms with Gasteiger partial charge in [-0.25, -0.2) is 10.4 Å². The van der Waals surface area contributed by atoms with Gasteiger partial charge in [0.25, 0.3) is 5.91 Å². The van der Waals surface area contributed by atoms with Gasteiger partial charge in [0.15, 0.2) is 18.1 Å². The number of hydrogen-bond donors (Lipinski definition) is 1. The van der Waals surface area contributed by atoms with Crippen LogP contribution in [0.2, 0.25) is 5.15 Å². The highest BCUT2D eigenvalue weighted by Crippen LogP contribution is 2.25. The van der Waals surface area contributed by atoms with Gasteiger partial charge in [-0.05, 0) is 24.3 Å². The van der Waals surface area contributed by atoms with Gasteiger partial charge in [0.2, 0.25) is 0 Å². The van der Waals surface area contributed by atoms with E-state index in [4.69, 9.17) is 21.1 Å². The summed E-state index contributed by atoms with van der Waals surface area (Å²) < 4.78 is 10.6. The van der Waals surface area contributed by atoms with Crippen LogP contribution in [0.4, 0.5) is 0 Å². The fourth-order valence-corrected chi connectivity index (χ4v) is 2.48. The molecule has 3 aromatic rings. The van der Waals surface area contributed by atoms with Crippen molar-refractivity contribution in [1.82, 2.24) is 10.4 Å². The van der Waals surface area contributed by atoms with Gasteiger partial charge in [-0.2, -0.15) is 5.10 Å². The largest absolute Gasteiger partial charge is 0.493 e. The molecule has 0 fully saturated rings. The van der Waals surface area contributed by atoms with Crippen molar-refractivity contribution >= 4 is 34.6 Å². The van der Waals surface area contributed by atoms with Crippen molar-refractivity contribution in [2.45, 2.75) is 0 Å². The molecule has 0 atom stereocenters. The van der Waals surface area contributed by atoms with Crippen LogP contribution in [0.15, 0.2) is 59.7 Å². The molecule has 6 nitrogen and oxygen atoms in total. The highest BCUT2D eigenvalue weighted by atomic mass is 35.5. The Hall–Kier alpha value is -3.12. The van der Waals surface area contributed by atoms with Crippen LogP contribution < -0.4 is 14.9 Å². The molecule has 0 unspecified atom stereocenters. The Labute approximate surface area is 155 Å². The summed E-state index contributed by atoms with van der Waals surface area (Å²) in [5.41, 5.74) is 3.80. The van der Waals surface area contributed by atoms with Crippen molar-refractivity contribution in [3.63, 3.8) is 0 Å². The number of para-hydroxylation sites is 3. The zero-order valence-electron chi connectivity index (χ0n) is 14.0. The molecule has 7 heteroatoms. The van der Waals surface area contributed by atoms with Crippen LogP contribution in [0.3, 0.4) is 0 Å². The SMILES string of the molecule is COc1ccccc1OCC(=O)NN=Cc1cc2ccccc2nc1Cl. The number of fused-ring (bicyclic) bond motifs is 1. The maximum Gasteiger partial charge on any atom is 0.277 e. The van der Waals surface area contributed by atoms with E-state index in [1.165, 1.54) is 13.3 Å². The third-order valence-corrected chi connectivity index (χ3v) is 3.83. The first-order chi connectivity index (χ1) is 12.7. The standard InChI is InChI=1S/C19H16ClN3O3/c1-25-16-8-4-5-9-17(16)26-12-18(24)23-21-11-14-10-13-6-2-3-7-15(13)22-19(14)20/h2-11H,12H2,1H3,(H,23,24). The number of hydrogen-bond acceptors (Lipinski definition) is 5. The van der Waals surface area contributed by atoms with E-state index in [9.17, 15) is 4.79 Å². The van der Waals surface area contributed by atoms with Gasteiger partial charge in [-0.3, -0.25) is 4.79 Å². The molecule has 132 valence electrons. The minimum absolute atomic E-state index is 0.193. The van der Waals surface area contributed by atoms with E-state index in [-0.39, 0.29) is 6.61 Å². The van der Waals surface area contributed by atoms with Crippen molar-refractivity contribution < 1.29 is 14.3 Å². The average Bonchev–Trinajstić information content (AvgIpc) is 2.67. The molecule has 0 saturated carbocycles. The summed E-state index contributed by atoms with van der Waals surface area (Å²) in [5.74, 6) is 0.630. The van der Waals surface area contributed by atoms with E-state index < -0.39 is 5.91 Å². The number of nitrogens with zero attached hydrogens (tertiary/aromatic N) is 2. The highest BCUT2D eigenvalue weighted by Gasteiger charge is 2.06. The zero-order valence-corrected chi connectivity index (χ0v) is 14.7. The molecule has 0 aliphatic rings. The predicted octanol–water partition coefficient (Wildman–Crippen LogP) is 3.43. The molecular weight excluding hydrogens is 354 g/mol. The van der Waals surface area contributed by atoms with E-state index in [2.05, 4.69) is 15.5 Å². The normalized spacial score (nSPS) is 10.8. The van der Waals surface area contributed by atoms with E-state index in [1.54, 1.807) is 18.2 Å². The Balaban J connectivity index is 1.60. The predicted molar refractivity (Wildman–Crippen MR) is 101 cm³/mol. The van der Waals surface area contributed by atoms with Crippen molar-refractivity contribution in [2.75, 3.05) is 13.7 Å². The average molecular weight is 370 g/mol. The minimum atomic E-state index is -0.406. The van der Waals surface area contributed by atoms with Crippen LogP contribution in [0.1, 0.15) is 5.56 Å². The fourth-order valence-electron chi connectivity index (χ4n) is 2.29. The summed E-state index contributed by atoms with van der Waals surface area (Å²) >= 11 is 6.14. The van der Waals surface area contributed by atoms with Crippen molar-refractivity contribution in [3.8, 4) is 11.5 Å². The topological polar surface area (TPSA) is 72.8 Å². The van der Waals surface area contributed by atoms with Crippen molar-refractivity contribution in [2.24, 2.45) is 5.10 Å². The highest BCUT2D eigenvalue weighted by molar-refractivity contribution is 6.32. The first kappa shape index (κ1) is 17.7. The molecule has 3 rings (SSSR count). The molecule has 1 amide bonds. The monoisotopic (exact) mass is 369 g/mol. The number of benzene rings is 2. The Morgan fingerprint density at radius 2 is 1.92 bits per heavy atom. The van der Waals surface area contributed by atoms with E-state index in [1.807, 2.05) is 36.4 Å². The minimum Gasteiger partial charge on any atom is -0.493 e. The number of rotatable bonds is 6. The molecule has 0 radical (unpaired) electrons.